The van der Waals surface area contributed by atoms with Gasteiger partial charge in [-0.05, 0) is 18.1 Å². The molecule has 2 N–H and O–H groups in total. The maximum Gasteiger partial charge on any atom is 0.344 e. The van der Waals surface area contributed by atoms with E-state index in [0.29, 0.717) is 17.1 Å². The molecule has 0 spiro atoms. The van der Waals surface area contributed by atoms with Crippen LogP contribution in [0, 0.1) is 0 Å². The highest BCUT2D eigenvalue weighted by molar-refractivity contribution is 7.99. The van der Waals surface area contributed by atoms with Gasteiger partial charge in [-0.25, -0.2) is 14.8 Å². The number of urea groups is 1. The average Bonchev–Trinajstić information content (AvgIpc) is 2.93. The molecule has 26 heavy (non-hydrogen) atoms. The van der Waals surface area contributed by atoms with Gasteiger partial charge >= 0.3 is 6.03 Å². The zero-order chi connectivity index (χ0) is 18.6. The maximum absolute atomic E-state index is 12.9. The van der Waals surface area contributed by atoms with Crippen LogP contribution >= 0.6 is 11.8 Å². The van der Waals surface area contributed by atoms with Crippen molar-refractivity contribution < 1.29 is 14.4 Å². The van der Waals surface area contributed by atoms with E-state index in [-0.39, 0.29) is 5.75 Å². The minimum atomic E-state index is -1.18. The van der Waals surface area contributed by atoms with Gasteiger partial charge in [0.25, 0.3) is 5.91 Å². The molecular weight excluding hydrogens is 354 g/mol. The van der Waals surface area contributed by atoms with Gasteiger partial charge in [0.05, 0.1) is 5.75 Å². The Bertz CT molecular complexity index is 818. The smallest absolute Gasteiger partial charge is 0.318 e. The Morgan fingerprint density at radius 3 is 2.54 bits per heavy atom. The van der Waals surface area contributed by atoms with Crippen molar-refractivity contribution in [2.45, 2.75) is 24.0 Å². The number of aromatic nitrogens is 2. The van der Waals surface area contributed by atoms with Crippen LogP contribution in [0.25, 0.3) is 0 Å². The molecule has 134 valence electrons. The molecule has 1 aromatic heterocycles. The van der Waals surface area contributed by atoms with Crippen molar-refractivity contribution in [1.82, 2.24) is 25.7 Å². The molecule has 0 bridgehead atoms. The molecule has 4 amide bonds. The number of nitrogens with zero attached hydrogens (tertiary/aromatic N) is 3. The van der Waals surface area contributed by atoms with E-state index >= 15 is 0 Å². The minimum absolute atomic E-state index is 0.0223. The number of hydrogen-bond donors (Lipinski definition) is 2. The Labute approximate surface area is 154 Å². The fraction of sp³-hybridized carbons (Fsp3) is 0.235. The lowest BCUT2D eigenvalue weighted by molar-refractivity contribution is -0.138. The lowest BCUT2D eigenvalue weighted by atomic mass is 9.87. The van der Waals surface area contributed by atoms with Crippen LogP contribution in [-0.4, -0.2) is 38.6 Å². The van der Waals surface area contributed by atoms with E-state index in [2.05, 4.69) is 20.7 Å². The number of carbonyl (C=O) groups excluding carboxylic acids is 3. The molecular formula is C17H17N5O3S. The number of amides is 4. The summed E-state index contributed by atoms with van der Waals surface area (Å²) in [5.74, 6) is -1.03. The van der Waals surface area contributed by atoms with Crippen LogP contribution in [0.1, 0.15) is 18.9 Å². The van der Waals surface area contributed by atoms with E-state index in [0.717, 1.165) is 16.8 Å². The third-order valence-corrected chi connectivity index (χ3v) is 4.88. The summed E-state index contributed by atoms with van der Waals surface area (Å²) in [5.41, 5.74) is 1.86. The van der Waals surface area contributed by atoms with Crippen molar-refractivity contribution in [3.05, 3.63) is 54.4 Å². The summed E-state index contributed by atoms with van der Waals surface area (Å²) in [7, 11) is 0. The second-order valence-corrected chi connectivity index (χ2v) is 6.49. The van der Waals surface area contributed by atoms with Crippen molar-refractivity contribution in [2.24, 2.45) is 0 Å². The first-order valence-corrected chi connectivity index (χ1v) is 8.97. The third kappa shape index (κ3) is 3.38. The van der Waals surface area contributed by atoms with E-state index in [1.54, 1.807) is 49.6 Å². The summed E-state index contributed by atoms with van der Waals surface area (Å²) >= 11 is 1.11. The van der Waals surface area contributed by atoms with Gasteiger partial charge in [-0.15, -0.1) is 0 Å². The van der Waals surface area contributed by atoms with Crippen LogP contribution in [0.4, 0.5) is 4.79 Å². The molecule has 9 heteroatoms. The third-order valence-electron chi connectivity index (χ3n) is 4.00. The van der Waals surface area contributed by atoms with Crippen LogP contribution in [0.3, 0.4) is 0 Å². The molecule has 1 fully saturated rings. The Kier molecular flexibility index (Phi) is 5.17. The molecule has 0 unspecified atom stereocenters. The molecule has 1 saturated heterocycles. The highest BCUT2D eigenvalue weighted by Crippen LogP contribution is 2.31. The van der Waals surface area contributed by atoms with Crippen molar-refractivity contribution >= 4 is 29.6 Å². The molecule has 2 heterocycles. The normalized spacial score (nSPS) is 19.3. The van der Waals surface area contributed by atoms with Crippen LogP contribution in [-0.2, 0) is 15.1 Å². The van der Waals surface area contributed by atoms with Crippen molar-refractivity contribution in [2.75, 3.05) is 5.75 Å². The molecule has 1 aliphatic heterocycles. The van der Waals surface area contributed by atoms with Gasteiger partial charge in [0, 0.05) is 12.4 Å². The molecule has 1 aromatic carbocycles. The highest BCUT2D eigenvalue weighted by Gasteiger charge is 2.52. The van der Waals surface area contributed by atoms with Gasteiger partial charge in [0.15, 0.2) is 5.16 Å². The van der Waals surface area contributed by atoms with E-state index in [9.17, 15) is 14.4 Å². The Morgan fingerprint density at radius 2 is 1.88 bits per heavy atom. The van der Waals surface area contributed by atoms with Gasteiger partial charge in [0.2, 0.25) is 5.91 Å². The summed E-state index contributed by atoms with van der Waals surface area (Å²) in [6, 6.07) is 9.98. The molecule has 0 radical (unpaired) electrons. The number of hydrogen-bond acceptors (Lipinski definition) is 6. The largest absolute Gasteiger partial charge is 0.344 e. The standard InChI is InChI=1S/C17H17N5O3S/c1-2-17(12-7-4-3-5-8-12)14(24)22(16(25)20-17)21-13(23)11-26-15-18-9-6-10-19-15/h3-10H,2,11H2,1H3,(H,20,25)(H,21,23)/t17-/m0/s1. The lowest BCUT2D eigenvalue weighted by Gasteiger charge is -2.25. The fourth-order valence-corrected chi connectivity index (χ4v) is 3.28. The highest BCUT2D eigenvalue weighted by atomic mass is 32.2. The Morgan fingerprint density at radius 1 is 1.19 bits per heavy atom. The van der Waals surface area contributed by atoms with Crippen molar-refractivity contribution in [1.29, 1.82) is 0 Å². The summed E-state index contributed by atoms with van der Waals surface area (Å²) in [6.45, 7) is 1.80. The molecule has 1 aliphatic rings. The average molecular weight is 371 g/mol. The molecule has 8 nitrogen and oxygen atoms in total. The van der Waals surface area contributed by atoms with Crippen LogP contribution < -0.4 is 10.7 Å². The van der Waals surface area contributed by atoms with Gasteiger partial charge in [-0.1, -0.05) is 49.0 Å². The van der Waals surface area contributed by atoms with Gasteiger partial charge in [0.1, 0.15) is 5.54 Å². The molecule has 3 rings (SSSR count). The van der Waals surface area contributed by atoms with Crippen LogP contribution in [0.2, 0.25) is 0 Å². The van der Waals surface area contributed by atoms with Crippen LogP contribution in [0.5, 0.6) is 0 Å². The fourth-order valence-electron chi connectivity index (χ4n) is 2.69. The first-order valence-electron chi connectivity index (χ1n) is 7.98. The van der Waals surface area contributed by atoms with Crippen molar-refractivity contribution in [3.63, 3.8) is 0 Å². The maximum atomic E-state index is 12.9. The Hall–Kier alpha value is -2.94. The second kappa shape index (κ2) is 7.52. The first-order chi connectivity index (χ1) is 12.6. The topological polar surface area (TPSA) is 104 Å². The number of carbonyl (C=O) groups is 3. The van der Waals surface area contributed by atoms with E-state index in [1.807, 2.05) is 6.07 Å². The predicted molar refractivity (Wildman–Crippen MR) is 94.7 cm³/mol. The van der Waals surface area contributed by atoms with Gasteiger partial charge < -0.3 is 5.32 Å². The molecule has 0 saturated carbocycles. The number of thioether (sulfide) groups is 1. The predicted octanol–water partition coefficient (Wildman–Crippen LogP) is 1.46. The van der Waals surface area contributed by atoms with Crippen molar-refractivity contribution in [3.8, 4) is 0 Å². The monoisotopic (exact) mass is 371 g/mol. The first kappa shape index (κ1) is 17.9. The summed E-state index contributed by atoms with van der Waals surface area (Å²) in [5, 5.41) is 3.88. The lowest BCUT2D eigenvalue weighted by Crippen LogP contribution is -2.49. The molecule has 2 aromatic rings. The second-order valence-electron chi connectivity index (χ2n) is 5.55. The van der Waals surface area contributed by atoms with E-state index in [4.69, 9.17) is 0 Å². The Balaban J connectivity index is 1.70. The van der Waals surface area contributed by atoms with Gasteiger partial charge in [-0.3, -0.25) is 15.0 Å². The quantitative estimate of drug-likeness (QED) is 0.453. The van der Waals surface area contributed by atoms with E-state index < -0.39 is 23.4 Å². The van der Waals surface area contributed by atoms with E-state index in [1.165, 1.54) is 0 Å². The zero-order valence-corrected chi connectivity index (χ0v) is 14.8. The number of hydrazine groups is 1. The number of imide groups is 1. The van der Waals surface area contributed by atoms with Gasteiger partial charge in [-0.2, -0.15) is 5.01 Å². The van der Waals surface area contributed by atoms with Crippen LogP contribution in [0.15, 0.2) is 53.9 Å². The minimum Gasteiger partial charge on any atom is -0.318 e. The number of rotatable bonds is 6. The summed E-state index contributed by atoms with van der Waals surface area (Å²) in [4.78, 5) is 45.3. The summed E-state index contributed by atoms with van der Waals surface area (Å²) < 4.78 is 0. The number of benzene rings is 1. The SMILES string of the molecule is CC[C@@]1(c2ccccc2)NC(=O)N(NC(=O)CSc2ncccn2)C1=O. The molecule has 0 aliphatic carbocycles. The number of nitrogens with one attached hydrogen (secondary N) is 2. The molecule has 1 atom stereocenters. The zero-order valence-electron chi connectivity index (χ0n) is 14.0. The summed E-state index contributed by atoms with van der Waals surface area (Å²) in [6.07, 6.45) is 3.50.